The van der Waals surface area contributed by atoms with Crippen molar-refractivity contribution in [3.63, 3.8) is 0 Å². The molecule has 0 spiro atoms. The second-order valence-electron chi connectivity index (χ2n) is 5.27. The molecule has 3 nitrogen and oxygen atoms in total. The van der Waals surface area contributed by atoms with Crippen molar-refractivity contribution < 1.29 is 9.90 Å². The van der Waals surface area contributed by atoms with Crippen LogP contribution in [0.3, 0.4) is 0 Å². The van der Waals surface area contributed by atoms with Gasteiger partial charge < -0.3 is 10.4 Å². The minimum absolute atomic E-state index is 0.218. The zero-order chi connectivity index (χ0) is 13.2. The van der Waals surface area contributed by atoms with Crippen LogP contribution in [0.4, 0.5) is 5.69 Å². The van der Waals surface area contributed by atoms with Crippen molar-refractivity contribution in [2.75, 3.05) is 5.32 Å². The summed E-state index contributed by atoms with van der Waals surface area (Å²) in [6, 6.07) is 7.94. The normalized spacial score (nSPS) is 27.1. The highest BCUT2D eigenvalue weighted by atomic mass is 16.4. The van der Waals surface area contributed by atoms with E-state index in [0.29, 0.717) is 0 Å². The number of nitrogens with one attached hydrogen (secondary N) is 1. The van der Waals surface area contributed by atoms with E-state index in [1.807, 2.05) is 31.2 Å². The second-order valence-corrected chi connectivity index (χ2v) is 5.27. The van der Waals surface area contributed by atoms with Gasteiger partial charge in [-0.05, 0) is 43.4 Å². The number of aliphatic carboxylic acids is 1. The molecule has 1 fully saturated rings. The van der Waals surface area contributed by atoms with Gasteiger partial charge in [-0.2, -0.15) is 0 Å². The molecule has 3 heteroatoms. The molecule has 1 aromatic carbocycles. The molecule has 1 saturated carbocycles. The molecule has 1 aliphatic carbocycles. The van der Waals surface area contributed by atoms with Gasteiger partial charge in [-0.15, -0.1) is 0 Å². The van der Waals surface area contributed by atoms with Crippen LogP contribution < -0.4 is 5.32 Å². The molecule has 1 aliphatic rings. The molecular formula is C15H21NO2. The fourth-order valence-electron chi connectivity index (χ4n) is 3.11. The molecule has 0 aromatic heterocycles. The lowest BCUT2D eigenvalue weighted by Gasteiger charge is -2.33. The Balaban J connectivity index is 2.29. The van der Waals surface area contributed by atoms with E-state index in [2.05, 4.69) is 12.2 Å². The quantitative estimate of drug-likeness (QED) is 0.856. The Morgan fingerprint density at radius 2 is 2.33 bits per heavy atom. The molecule has 2 atom stereocenters. The van der Waals surface area contributed by atoms with Gasteiger partial charge in [0.05, 0.1) is 0 Å². The summed E-state index contributed by atoms with van der Waals surface area (Å²) in [5.74, 6) is -0.496. The lowest BCUT2D eigenvalue weighted by Crippen LogP contribution is -2.49. The molecule has 18 heavy (non-hydrogen) atoms. The summed E-state index contributed by atoms with van der Waals surface area (Å²) in [6.07, 6.45) is 3.62. The standard InChI is InChI=1S/C15H21NO2/c1-3-12-7-5-9-15(12,14(17)18)16-13-8-4-6-11(2)10-13/h4,6,8,10,12,16H,3,5,7,9H2,1-2H3,(H,17,18). The molecule has 0 bridgehead atoms. The number of carbonyl (C=O) groups is 1. The molecule has 0 aliphatic heterocycles. The maximum atomic E-state index is 11.7. The van der Waals surface area contributed by atoms with Crippen LogP contribution in [0, 0.1) is 12.8 Å². The zero-order valence-corrected chi connectivity index (χ0v) is 11.1. The number of hydrogen-bond donors (Lipinski definition) is 2. The first-order chi connectivity index (χ1) is 8.58. The molecule has 2 unspecified atom stereocenters. The molecule has 1 aromatic rings. The van der Waals surface area contributed by atoms with E-state index in [0.717, 1.165) is 36.9 Å². The summed E-state index contributed by atoms with van der Waals surface area (Å²) in [5, 5.41) is 12.9. The summed E-state index contributed by atoms with van der Waals surface area (Å²) >= 11 is 0. The molecule has 0 saturated heterocycles. The number of benzene rings is 1. The van der Waals surface area contributed by atoms with Gasteiger partial charge in [0.1, 0.15) is 5.54 Å². The number of carboxylic acids is 1. The molecule has 2 rings (SSSR count). The Labute approximate surface area is 108 Å². The Morgan fingerprint density at radius 1 is 1.56 bits per heavy atom. The van der Waals surface area contributed by atoms with Gasteiger partial charge in [-0.1, -0.05) is 31.9 Å². The Kier molecular flexibility index (Phi) is 3.60. The van der Waals surface area contributed by atoms with Crippen LogP contribution in [0.25, 0.3) is 0 Å². The number of carboxylic acid groups (broad SMARTS) is 1. The number of hydrogen-bond acceptors (Lipinski definition) is 2. The first-order valence-corrected chi connectivity index (χ1v) is 6.66. The van der Waals surface area contributed by atoms with Crippen molar-refractivity contribution in [3.05, 3.63) is 29.8 Å². The monoisotopic (exact) mass is 247 g/mol. The van der Waals surface area contributed by atoms with Crippen molar-refractivity contribution >= 4 is 11.7 Å². The molecular weight excluding hydrogens is 226 g/mol. The van der Waals surface area contributed by atoms with E-state index < -0.39 is 11.5 Å². The van der Waals surface area contributed by atoms with Crippen molar-refractivity contribution in [2.24, 2.45) is 5.92 Å². The third-order valence-electron chi connectivity index (χ3n) is 4.08. The summed E-state index contributed by atoms with van der Waals surface area (Å²) in [7, 11) is 0. The van der Waals surface area contributed by atoms with E-state index in [-0.39, 0.29) is 5.92 Å². The Bertz CT molecular complexity index is 444. The number of rotatable bonds is 4. The Hall–Kier alpha value is -1.51. The van der Waals surface area contributed by atoms with Crippen LogP contribution in [0.5, 0.6) is 0 Å². The predicted octanol–water partition coefficient (Wildman–Crippen LogP) is 3.44. The lowest BCUT2D eigenvalue weighted by molar-refractivity contribution is -0.143. The average Bonchev–Trinajstić information content (AvgIpc) is 2.73. The average molecular weight is 247 g/mol. The van der Waals surface area contributed by atoms with Crippen LogP contribution in [0.1, 0.15) is 38.2 Å². The fraction of sp³-hybridized carbons (Fsp3) is 0.533. The van der Waals surface area contributed by atoms with Crippen molar-refractivity contribution in [2.45, 2.75) is 45.1 Å². The van der Waals surface area contributed by atoms with E-state index in [1.54, 1.807) is 0 Å². The third kappa shape index (κ3) is 2.22. The highest BCUT2D eigenvalue weighted by molar-refractivity contribution is 5.83. The van der Waals surface area contributed by atoms with E-state index in [1.165, 1.54) is 0 Å². The third-order valence-corrected chi connectivity index (χ3v) is 4.08. The van der Waals surface area contributed by atoms with Gasteiger partial charge in [-0.25, -0.2) is 4.79 Å². The SMILES string of the molecule is CCC1CCCC1(Nc1cccc(C)c1)C(=O)O. The van der Waals surface area contributed by atoms with Crippen LogP contribution in [0.15, 0.2) is 24.3 Å². The predicted molar refractivity (Wildman–Crippen MR) is 72.8 cm³/mol. The van der Waals surface area contributed by atoms with Gasteiger partial charge >= 0.3 is 5.97 Å². The first kappa shape index (κ1) is 12.9. The van der Waals surface area contributed by atoms with Crippen LogP contribution in [-0.2, 0) is 4.79 Å². The van der Waals surface area contributed by atoms with Crippen molar-refractivity contribution in [1.29, 1.82) is 0 Å². The highest BCUT2D eigenvalue weighted by Crippen LogP contribution is 2.40. The van der Waals surface area contributed by atoms with Crippen molar-refractivity contribution in [1.82, 2.24) is 0 Å². The molecule has 2 N–H and O–H groups in total. The van der Waals surface area contributed by atoms with Gasteiger partial charge in [0.25, 0.3) is 0 Å². The summed E-state index contributed by atoms with van der Waals surface area (Å²) in [5.41, 5.74) is 1.28. The number of anilines is 1. The second kappa shape index (κ2) is 5.01. The van der Waals surface area contributed by atoms with Gasteiger partial charge in [-0.3, -0.25) is 0 Å². The first-order valence-electron chi connectivity index (χ1n) is 6.66. The topological polar surface area (TPSA) is 49.3 Å². The van der Waals surface area contributed by atoms with Gasteiger partial charge in [0.2, 0.25) is 0 Å². The minimum Gasteiger partial charge on any atom is -0.479 e. The highest BCUT2D eigenvalue weighted by Gasteiger charge is 2.48. The number of aryl methyl sites for hydroxylation is 1. The van der Waals surface area contributed by atoms with Gasteiger partial charge in [0.15, 0.2) is 0 Å². The van der Waals surface area contributed by atoms with Crippen molar-refractivity contribution in [3.8, 4) is 0 Å². The molecule has 0 amide bonds. The summed E-state index contributed by atoms with van der Waals surface area (Å²) < 4.78 is 0. The molecule has 0 radical (unpaired) electrons. The van der Waals surface area contributed by atoms with E-state index in [4.69, 9.17) is 0 Å². The molecule has 0 heterocycles. The van der Waals surface area contributed by atoms with E-state index >= 15 is 0 Å². The smallest absolute Gasteiger partial charge is 0.329 e. The maximum Gasteiger partial charge on any atom is 0.329 e. The van der Waals surface area contributed by atoms with Crippen LogP contribution in [-0.4, -0.2) is 16.6 Å². The zero-order valence-electron chi connectivity index (χ0n) is 11.1. The Morgan fingerprint density at radius 3 is 2.94 bits per heavy atom. The van der Waals surface area contributed by atoms with E-state index in [9.17, 15) is 9.90 Å². The van der Waals surface area contributed by atoms with Crippen LogP contribution >= 0.6 is 0 Å². The van der Waals surface area contributed by atoms with Crippen LogP contribution in [0.2, 0.25) is 0 Å². The lowest BCUT2D eigenvalue weighted by atomic mass is 9.84. The maximum absolute atomic E-state index is 11.7. The fourth-order valence-corrected chi connectivity index (χ4v) is 3.11. The van der Waals surface area contributed by atoms with Gasteiger partial charge in [0, 0.05) is 5.69 Å². The summed E-state index contributed by atoms with van der Waals surface area (Å²) in [6.45, 7) is 4.09. The summed E-state index contributed by atoms with van der Waals surface area (Å²) in [4.78, 5) is 11.7. The minimum atomic E-state index is -0.775. The molecule has 98 valence electrons. The largest absolute Gasteiger partial charge is 0.479 e.